The molecule has 0 radical (unpaired) electrons. The van der Waals surface area contributed by atoms with Crippen molar-refractivity contribution in [3.05, 3.63) is 40.3 Å². The molecule has 0 bridgehead atoms. The maximum atomic E-state index is 12.3. The van der Waals surface area contributed by atoms with Crippen molar-refractivity contribution in [2.75, 3.05) is 18.9 Å². The Kier molecular flexibility index (Phi) is 4.40. The molecule has 2 aromatic heterocycles. The van der Waals surface area contributed by atoms with Crippen LogP contribution >= 0.6 is 23.1 Å². The van der Waals surface area contributed by atoms with E-state index in [2.05, 4.69) is 16.0 Å². The van der Waals surface area contributed by atoms with Crippen LogP contribution in [0, 0.1) is 6.92 Å². The van der Waals surface area contributed by atoms with Crippen molar-refractivity contribution in [1.82, 2.24) is 14.9 Å². The van der Waals surface area contributed by atoms with Crippen LogP contribution in [0.3, 0.4) is 0 Å². The Labute approximate surface area is 131 Å². The standard InChI is InChI=1S/C14H15N3O2S2/c1-10-4-5-15-14(16-10)19-9-12(18)17-6-8-21-13(17)11-3-2-7-20-11/h2-5,7,13H,6,8-9H2,1H3. The molecule has 5 nitrogen and oxygen atoms in total. The predicted octanol–water partition coefficient (Wildman–Crippen LogP) is 2.50. The molecule has 7 heteroatoms. The van der Waals surface area contributed by atoms with Crippen molar-refractivity contribution in [2.45, 2.75) is 12.3 Å². The molecule has 1 amide bonds. The normalized spacial score (nSPS) is 18.0. The minimum atomic E-state index is -0.0245. The van der Waals surface area contributed by atoms with Crippen molar-refractivity contribution >= 4 is 29.0 Å². The average molecular weight is 321 g/mol. The maximum Gasteiger partial charge on any atom is 0.317 e. The second-order valence-electron chi connectivity index (χ2n) is 4.59. The third-order valence-electron chi connectivity index (χ3n) is 3.10. The summed E-state index contributed by atoms with van der Waals surface area (Å²) in [4.78, 5) is 23.6. The fourth-order valence-electron chi connectivity index (χ4n) is 2.10. The molecule has 1 fully saturated rings. The zero-order valence-electron chi connectivity index (χ0n) is 11.6. The van der Waals surface area contributed by atoms with Gasteiger partial charge in [0.25, 0.3) is 5.91 Å². The summed E-state index contributed by atoms with van der Waals surface area (Å²) in [6.45, 7) is 2.59. The number of carbonyl (C=O) groups is 1. The molecule has 0 N–H and O–H groups in total. The zero-order valence-corrected chi connectivity index (χ0v) is 13.2. The molecule has 1 aliphatic rings. The number of hydrogen-bond donors (Lipinski definition) is 0. The highest BCUT2D eigenvalue weighted by molar-refractivity contribution is 7.99. The van der Waals surface area contributed by atoms with Gasteiger partial charge < -0.3 is 9.64 Å². The smallest absolute Gasteiger partial charge is 0.317 e. The highest BCUT2D eigenvalue weighted by Gasteiger charge is 2.31. The van der Waals surface area contributed by atoms with E-state index >= 15 is 0 Å². The van der Waals surface area contributed by atoms with E-state index in [1.807, 2.05) is 23.3 Å². The molecule has 1 atom stereocenters. The predicted molar refractivity (Wildman–Crippen MR) is 83.5 cm³/mol. The number of aromatic nitrogens is 2. The molecular weight excluding hydrogens is 306 g/mol. The first-order chi connectivity index (χ1) is 10.2. The van der Waals surface area contributed by atoms with E-state index in [1.54, 1.807) is 35.4 Å². The van der Waals surface area contributed by atoms with Gasteiger partial charge in [-0.25, -0.2) is 9.97 Å². The lowest BCUT2D eigenvalue weighted by Gasteiger charge is -2.22. The summed E-state index contributed by atoms with van der Waals surface area (Å²) in [7, 11) is 0. The van der Waals surface area contributed by atoms with E-state index in [9.17, 15) is 4.79 Å². The van der Waals surface area contributed by atoms with Crippen LogP contribution in [0.4, 0.5) is 0 Å². The summed E-state index contributed by atoms with van der Waals surface area (Å²) in [6.07, 6.45) is 1.63. The number of ether oxygens (including phenoxy) is 1. The van der Waals surface area contributed by atoms with Gasteiger partial charge in [-0.3, -0.25) is 4.79 Å². The van der Waals surface area contributed by atoms with Gasteiger partial charge in [0.15, 0.2) is 6.61 Å². The van der Waals surface area contributed by atoms with Gasteiger partial charge in [0.05, 0.1) is 0 Å². The molecule has 0 aliphatic carbocycles. The number of rotatable bonds is 4. The van der Waals surface area contributed by atoms with Crippen molar-refractivity contribution in [2.24, 2.45) is 0 Å². The number of carbonyl (C=O) groups excluding carboxylic acids is 1. The van der Waals surface area contributed by atoms with Crippen LogP contribution in [0.25, 0.3) is 0 Å². The number of nitrogens with zero attached hydrogens (tertiary/aromatic N) is 3. The van der Waals surface area contributed by atoms with Crippen LogP contribution in [0.15, 0.2) is 29.8 Å². The third-order valence-corrected chi connectivity index (χ3v) is 5.41. The Morgan fingerprint density at radius 1 is 1.52 bits per heavy atom. The second-order valence-corrected chi connectivity index (χ2v) is 6.76. The Hall–Kier alpha value is -1.60. The number of aryl methyl sites for hydroxylation is 1. The Morgan fingerprint density at radius 3 is 3.19 bits per heavy atom. The molecule has 21 heavy (non-hydrogen) atoms. The van der Waals surface area contributed by atoms with Gasteiger partial charge in [-0.2, -0.15) is 0 Å². The topological polar surface area (TPSA) is 55.3 Å². The first kappa shape index (κ1) is 14.3. The van der Waals surface area contributed by atoms with E-state index in [-0.39, 0.29) is 23.9 Å². The van der Waals surface area contributed by atoms with Crippen molar-refractivity contribution < 1.29 is 9.53 Å². The quantitative estimate of drug-likeness (QED) is 0.866. The second kappa shape index (κ2) is 6.44. The van der Waals surface area contributed by atoms with Gasteiger partial charge >= 0.3 is 6.01 Å². The average Bonchev–Trinajstić information content (AvgIpc) is 3.14. The van der Waals surface area contributed by atoms with Gasteiger partial charge in [0.1, 0.15) is 5.37 Å². The molecule has 1 unspecified atom stereocenters. The molecule has 3 heterocycles. The Balaban J connectivity index is 1.62. The van der Waals surface area contributed by atoms with E-state index in [1.165, 1.54) is 4.88 Å². The Morgan fingerprint density at radius 2 is 2.43 bits per heavy atom. The summed E-state index contributed by atoms with van der Waals surface area (Å²) in [5, 5.41) is 2.15. The highest BCUT2D eigenvalue weighted by Crippen LogP contribution is 2.39. The fraction of sp³-hybridized carbons (Fsp3) is 0.357. The van der Waals surface area contributed by atoms with E-state index in [0.717, 1.165) is 18.0 Å². The first-order valence-corrected chi connectivity index (χ1v) is 8.54. The zero-order chi connectivity index (χ0) is 14.7. The monoisotopic (exact) mass is 321 g/mol. The van der Waals surface area contributed by atoms with Crippen LogP contribution in [0.5, 0.6) is 6.01 Å². The summed E-state index contributed by atoms with van der Waals surface area (Å²) >= 11 is 3.47. The number of hydrogen-bond acceptors (Lipinski definition) is 6. The van der Waals surface area contributed by atoms with Gasteiger partial charge in [-0.15, -0.1) is 23.1 Å². The summed E-state index contributed by atoms with van der Waals surface area (Å²) in [5.41, 5.74) is 0.820. The van der Waals surface area contributed by atoms with Crippen LogP contribution in [-0.4, -0.2) is 39.7 Å². The van der Waals surface area contributed by atoms with Crippen LogP contribution in [0.1, 0.15) is 15.9 Å². The fourth-order valence-corrected chi connectivity index (χ4v) is 4.35. The minimum Gasteiger partial charge on any atom is -0.453 e. The minimum absolute atomic E-state index is 0.0219. The van der Waals surface area contributed by atoms with Gasteiger partial charge in [0, 0.05) is 29.1 Å². The van der Waals surface area contributed by atoms with Gasteiger partial charge in [-0.1, -0.05) is 6.07 Å². The highest BCUT2D eigenvalue weighted by atomic mass is 32.2. The number of thioether (sulfide) groups is 1. The van der Waals surface area contributed by atoms with Crippen molar-refractivity contribution in [1.29, 1.82) is 0 Å². The van der Waals surface area contributed by atoms with Crippen LogP contribution < -0.4 is 4.74 Å². The molecule has 0 saturated carbocycles. The molecule has 0 spiro atoms. The number of thiophene rings is 1. The molecular formula is C14H15N3O2S2. The Bertz CT molecular complexity index is 618. The van der Waals surface area contributed by atoms with E-state index < -0.39 is 0 Å². The lowest BCUT2D eigenvalue weighted by molar-refractivity contribution is -0.133. The number of amides is 1. The lowest BCUT2D eigenvalue weighted by atomic mass is 10.4. The maximum absolute atomic E-state index is 12.3. The first-order valence-electron chi connectivity index (χ1n) is 6.61. The van der Waals surface area contributed by atoms with Crippen LogP contribution in [0.2, 0.25) is 0 Å². The molecule has 1 aliphatic heterocycles. The summed E-state index contributed by atoms with van der Waals surface area (Å²) in [5.74, 6) is 0.929. The van der Waals surface area contributed by atoms with E-state index in [0.29, 0.717) is 0 Å². The van der Waals surface area contributed by atoms with Gasteiger partial charge in [-0.05, 0) is 24.4 Å². The molecule has 0 aromatic carbocycles. The summed E-state index contributed by atoms with van der Waals surface area (Å²) < 4.78 is 5.41. The van der Waals surface area contributed by atoms with Crippen LogP contribution in [-0.2, 0) is 4.79 Å². The largest absolute Gasteiger partial charge is 0.453 e. The third kappa shape index (κ3) is 3.36. The summed E-state index contributed by atoms with van der Waals surface area (Å²) in [6, 6.07) is 6.12. The van der Waals surface area contributed by atoms with Crippen molar-refractivity contribution in [3.63, 3.8) is 0 Å². The van der Waals surface area contributed by atoms with Crippen molar-refractivity contribution in [3.8, 4) is 6.01 Å². The molecule has 110 valence electrons. The van der Waals surface area contributed by atoms with Gasteiger partial charge in [0.2, 0.25) is 0 Å². The molecule has 3 rings (SSSR count). The lowest BCUT2D eigenvalue weighted by Crippen LogP contribution is -2.34. The van der Waals surface area contributed by atoms with E-state index in [4.69, 9.17) is 4.74 Å². The molecule has 1 saturated heterocycles. The SMILES string of the molecule is Cc1ccnc(OCC(=O)N2CCSC2c2cccs2)n1. The molecule has 2 aromatic rings.